The van der Waals surface area contributed by atoms with Crippen molar-refractivity contribution >= 4 is 17.4 Å². The largest absolute Gasteiger partial charge is 0.356 e. The summed E-state index contributed by atoms with van der Waals surface area (Å²) in [7, 11) is 0. The van der Waals surface area contributed by atoms with Gasteiger partial charge in [-0.3, -0.25) is 4.79 Å². The third kappa shape index (κ3) is 4.13. The van der Waals surface area contributed by atoms with E-state index in [2.05, 4.69) is 45.9 Å². The smallest absolute Gasteiger partial charge is 0.259 e. The Hall–Kier alpha value is -2.50. The van der Waals surface area contributed by atoms with Crippen LogP contribution >= 0.6 is 0 Å². The Morgan fingerprint density at radius 1 is 1.08 bits per heavy atom. The van der Waals surface area contributed by atoms with Crippen LogP contribution in [0.5, 0.6) is 0 Å². The number of rotatable bonds is 3. The van der Waals surface area contributed by atoms with Gasteiger partial charge >= 0.3 is 0 Å². The van der Waals surface area contributed by atoms with Crippen LogP contribution in [0.2, 0.25) is 0 Å². The first-order valence-corrected chi connectivity index (χ1v) is 8.79. The van der Waals surface area contributed by atoms with Crippen LogP contribution in [-0.4, -0.2) is 33.9 Å². The van der Waals surface area contributed by atoms with Gasteiger partial charge in [0.2, 0.25) is 0 Å². The summed E-state index contributed by atoms with van der Waals surface area (Å²) in [6, 6.07) is 3.61. The second-order valence-electron chi connectivity index (χ2n) is 7.42. The van der Waals surface area contributed by atoms with Gasteiger partial charge in [-0.1, -0.05) is 20.8 Å². The number of aromatic nitrogens is 3. The van der Waals surface area contributed by atoms with Crippen molar-refractivity contribution < 1.29 is 4.79 Å². The Kier molecular flexibility index (Phi) is 4.97. The molecular formula is C19H25N5O. The van der Waals surface area contributed by atoms with Gasteiger partial charge in [-0.15, -0.1) is 0 Å². The SMILES string of the molecule is CC(C)(C)c1ncc(NC(=O)c2cccnc2N2CCCCC2)cn1. The van der Waals surface area contributed by atoms with Crippen molar-refractivity contribution in [1.29, 1.82) is 0 Å². The maximum Gasteiger partial charge on any atom is 0.259 e. The number of piperidine rings is 1. The summed E-state index contributed by atoms with van der Waals surface area (Å²) >= 11 is 0. The zero-order valence-corrected chi connectivity index (χ0v) is 15.1. The number of carbonyl (C=O) groups is 1. The fourth-order valence-electron chi connectivity index (χ4n) is 2.91. The molecule has 1 amide bonds. The van der Waals surface area contributed by atoms with E-state index in [-0.39, 0.29) is 11.3 Å². The Balaban J connectivity index is 1.77. The van der Waals surface area contributed by atoms with Crippen LogP contribution in [0.3, 0.4) is 0 Å². The fourth-order valence-corrected chi connectivity index (χ4v) is 2.91. The van der Waals surface area contributed by atoms with Crippen molar-refractivity contribution in [2.75, 3.05) is 23.3 Å². The van der Waals surface area contributed by atoms with Crippen molar-refractivity contribution in [3.05, 3.63) is 42.1 Å². The Morgan fingerprint density at radius 3 is 2.40 bits per heavy atom. The van der Waals surface area contributed by atoms with Gasteiger partial charge in [0.1, 0.15) is 11.6 Å². The quantitative estimate of drug-likeness (QED) is 0.928. The van der Waals surface area contributed by atoms with Gasteiger partial charge < -0.3 is 10.2 Å². The lowest BCUT2D eigenvalue weighted by atomic mass is 9.96. The van der Waals surface area contributed by atoms with Crippen LogP contribution in [0.25, 0.3) is 0 Å². The molecule has 3 heterocycles. The third-order valence-electron chi connectivity index (χ3n) is 4.27. The molecule has 0 unspecified atom stereocenters. The standard InChI is InChI=1S/C19H25N5O/c1-19(2,3)18-21-12-14(13-22-18)23-17(25)15-8-7-9-20-16(15)24-10-5-4-6-11-24/h7-9,12-13H,4-6,10-11H2,1-3H3,(H,23,25). The molecule has 1 N–H and O–H groups in total. The normalized spacial score (nSPS) is 15.1. The lowest BCUT2D eigenvalue weighted by Crippen LogP contribution is -2.32. The van der Waals surface area contributed by atoms with E-state index in [0.29, 0.717) is 11.3 Å². The zero-order chi connectivity index (χ0) is 17.9. The number of nitrogens with one attached hydrogen (secondary N) is 1. The molecule has 0 saturated carbocycles. The van der Waals surface area contributed by atoms with E-state index in [1.165, 1.54) is 6.42 Å². The van der Waals surface area contributed by atoms with Crippen molar-refractivity contribution in [3.8, 4) is 0 Å². The van der Waals surface area contributed by atoms with Crippen LogP contribution in [0, 0.1) is 0 Å². The summed E-state index contributed by atoms with van der Waals surface area (Å²) in [5.74, 6) is 1.33. The lowest BCUT2D eigenvalue weighted by molar-refractivity contribution is 0.102. The van der Waals surface area contributed by atoms with Crippen LogP contribution < -0.4 is 10.2 Å². The molecule has 3 rings (SSSR count). The van der Waals surface area contributed by atoms with Gasteiger partial charge in [0.25, 0.3) is 5.91 Å². The summed E-state index contributed by atoms with van der Waals surface area (Å²) in [5.41, 5.74) is 1.06. The minimum atomic E-state index is -0.180. The molecule has 0 bridgehead atoms. The first-order valence-electron chi connectivity index (χ1n) is 8.79. The Morgan fingerprint density at radius 2 is 1.76 bits per heavy atom. The summed E-state index contributed by atoms with van der Waals surface area (Å²) in [4.78, 5) is 28.1. The number of hydrogen-bond acceptors (Lipinski definition) is 5. The van der Waals surface area contributed by atoms with Crippen LogP contribution in [0.15, 0.2) is 30.7 Å². The summed E-state index contributed by atoms with van der Waals surface area (Å²) in [6.45, 7) is 8.06. The molecule has 6 heteroatoms. The predicted molar refractivity (Wildman–Crippen MR) is 99.0 cm³/mol. The van der Waals surface area contributed by atoms with E-state index < -0.39 is 0 Å². The summed E-state index contributed by atoms with van der Waals surface area (Å²) in [6.07, 6.45) is 8.56. The van der Waals surface area contributed by atoms with Crippen LogP contribution in [-0.2, 0) is 5.41 Å². The summed E-state index contributed by atoms with van der Waals surface area (Å²) in [5, 5.41) is 2.89. The van der Waals surface area contributed by atoms with E-state index >= 15 is 0 Å². The third-order valence-corrected chi connectivity index (χ3v) is 4.27. The molecule has 2 aromatic heterocycles. The van der Waals surface area contributed by atoms with Crippen molar-refractivity contribution in [2.24, 2.45) is 0 Å². The second-order valence-corrected chi connectivity index (χ2v) is 7.42. The molecule has 0 aromatic carbocycles. The monoisotopic (exact) mass is 339 g/mol. The molecule has 1 aliphatic rings. The van der Waals surface area contributed by atoms with Gasteiger partial charge in [0.05, 0.1) is 23.6 Å². The molecule has 1 saturated heterocycles. The molecule has 1 fully saturated rings. The van der Waals surface area contributed by atoms with E-state index in [1.807, 2.05) is 6.07 Å². The van der Waals surface area contributed by atoms with E-state index in [1.54, 1.807) is 24.7 Å². The van der Waals surface area contributed by atoms with E-state index in [0.717, 1.165) is 37.6 Å². The van der Waals surface area contributed by atoms with Gasteiger partial charge in [-0.25, -0.2) is 15.0 Å². The highest BCUT2D eigenvalue weighted by Gasteiger charge is 2.20. The fraction of sp³-hybridized carbons (Fsp3) is 0.474. The Labute approximate surface area is 148 Å². The number of pyridine rings is 1. The molecule has 25 heavy (non-hydrogen) atoms. The minimum absolute atomic E-state index is 0.118. The molecule has 0 atom stereocenters. The maximum atomic E-state index is 12.7. The first-order chi connectivity index (χ1) is 11.9. The summed E-state index contributed by atoms with van der Waals surface area (Å²) < 4.78 is 0. The first kappa shape index (κ1) is 17.3. The van der Waals surface area contributed by atoms with Gasteiger partial charge in [-0.2, -0.15) is 0 Å². The minimum Gasteiger partial charge on any atom is -0.356 e. The zero-order valence-electron chi connectivity index (χ0n) is 15.1. The van der Waals surface area contributed by atoms with Crippen LogP contribution in [0.1, 0.15) is 56.2 Å². The van der Waals surface area contributed by atoms with Gasteiger partial charge in [0, 0.05) is 24.7 Å². The molecular weight excluding hydrogens is 314 g/mol. The number of anilines is 2. The number of nitrogens with zero attached hydrogens (tertiary/aromatic N) is 4. The predicted octanol–water partition coefficient (Wildman–Crippen LogP) is 3.41. The second kappa shape index (κ2) is 7.17. The highest BCUT2D eigenvalue weighted by atomic mass is 16.1. The molecule has 6 nitrogen and oxygen atoms in total. The average Bonchev–Trinajstić information content (AvgIpc) is 2.62. The maximum absolute atomic E-state index is 12.7. The Bertz CT molecular complexity index is 730. The molecule has 0 radical (unpaired) electrons. The molecule has 132 valence electrons. The highest BCUT2D eigenvalue weighted by molar-refractivity contribution is 6.07. The molecule has 0 spiro atoms. The topological polar surface area (TPSA) is 71.0 Å². The molecule has 0 aliphatic carbocycles. The average molecular weight is 339 g/mol. The van der Waals surface area contributed by atoms with Crippen molar-refractivity contribution in [3.63, 3.8) is 0 Å². The van der Waals surface area contributed by atoms with Gasteiger partial charge in [0.15, 0.2) is 0 Å². The van der Waals surface area contributed by atoms with Crippen LogP contribution in [0.4, 0.5) is 11.5 Å². The van der Waals surface area contributed by atoms with E-state index in [9.17, 15) is 4.79 Å². The molecule has 1 aliphatic heterocycles. The highest BCUT2D eigenvalue weighted by Crippen LogP contribution is 2.23. The number of carbonyl (C=O) groups excluding carboxylic acids is 1. The lowest BCUT2D eigenvalue weighted by Gasteiger charge is -2.29. The van der Waals surface area contributed by atoms with Gasteiger partial charge in [-0.05, 0) is 31.4 Å². The number of hydrogen-bond donors (Lipinski definition) is 1. The van der Waals surface area contributed by atoms with Crippen molar-refractivity contribution in [2.45, 2.75) is 45.4 Å². The number of amides is 1. The van der Waals surface area contributed by atoms with Crippen molar-refractivity contribution in [1.82, 2.24) is 15.0 Å². The van der Waals surface area contributed by atoms with E-state index in [4.69, 9.17) is 0 Å². The molecule has 2 aromatic rings.